The van der Waals surface area contributed by atoms with Crippen molar-refractivity contribution in [3.8, 4) is 5.75 Å². The van der Waals surface area contributed by atoms with Gasteiger partial charge in [-0.1, -0.05) is 23.4 Å². The zero-order chi connectivity index (χ0) is 14.1. The van der Waals surface area contributed by atoms with E-state index in [0.29, 0.717) is 12.5 Å². The van der Waals surface area contributed by atoms with Gasteiger partial charge in [-0.25, -0.2) is 0 Å². The van der Waals surface area contributed by atoms with Crippen LogP contribution in [0.5, 0.6) is 5.75 Å². The summed E-state index contributed by atoms with van der Waals surface area (Å²) in [6.07, 6.45) is 3.21. The number of hydrogen-bond acceptors (Lipinski definition) is 5. The number of piperidine rings is 1. The average Bonchev–Trinajstić information content (AvgIpc) is 3.05. The average molecular weight is 285 g/mol. The standard InChI is InChI=1S/C16H19N3O2/c1-2-6-14-11(4-1)8-13(10-20-14)15-18-16(21-19-15)12-5-3-7-17-9-12/h1-2,4,6,12-13,17H,3,5,7-10H2/t12-,13?/m1/s1. The molecule has 110 valence electrons. The minimum absolute atomic E-state index is 0.189. The van der Waals surface area contributed by atoms with E-state index in [4.69, 9.17) is 9.26 Å². The summed E-state index contributed by atoms with van der Waals surface area (Å²) in [5, 5.41) is 7.58. The van der Waals surface area contributed by atoms with Crippen molar-refractivity contribution in [2.75, 3.05) is 19.7 Å². The van der Waals surface area contributed by atoms with Gasteiger partial charge >= 0.3 is 0 Å². The van der Waals surface area contributed by atoms with Crippen molar-refractivity contribution in [2.24, 2.45) is 0 Å². The first kappa shape index (κ1) is 12.8. The molecule has 2 aromatic rings. The molecule has 1 aromatic heterocycles. The van der Waals surface area contributed by atoms with Crippen LogP contribution in [0.4, 0.5) is 0 Å². The summed E-state index contributed by atoms with van der Waals surface area (Å²) < 4.78 is 11.3. The molecule has 0 radical (unpaired) electrons. The van der Waals surface area contributed by atoms with Crippen molar-refractivity contribution in [3.05, 3.63) is 41.5 Å². The van der Waals surface area contributed by atoms with Gasteiger partial charge in [0.2, 0.25) is 5.89 Å². The minimum atomic E-state index is 0.189. The fourth-order valence-corrected chi connectivity index (χ4v) is 3.14. The van der Waals surface area contributed by atoms with Crippen molar-refractivity contribution in [2.45, 2.75) is 31.1 Å². The summed E-state index contributed by atoms with van der Waals surface area (Å²) in [6, 6.07) is 8.16. The molecule has 1 N–H and O–H groups in total. The molecule has 1 saturated heterocycles. The van der Waals surface area contributed by atoms with Gasteiger partial charge in [-0.15, -0.1) is 0 Å². The first-order valence-corrected chi connectivity index (χ1v) is 7.65. The monoisotopic (exact) mass is 285 g/mol. The maximum absolute atomic E-state index is 5.81. The van der Waals surface area contributed by atoms with Crippen molar-refractivity contribution in [1.82, 2.24) is 15.5 Å². The zero-order valence-corrected chi connectivity index (χ0v) is 11.9. The number of fused-ring (bicyclic) bond motifs is 1. The topological polar surface area (TPSA) is 60.2 Å². The first-order valence-electron chi connectivity index (χ1n) is 7.65. The molecule has 1 unspecified atom stereocenters. The molecule has 0 saturated carbocycles. The summed E-state index contributed by atoms with van der Waals surface area (Å²) in [4.78, 5) is 4.63. The lowest BCUT2D eigenvalue weighted by Gasteiger charge is -2.23. The molecule has 0 spiro atoms. The SMILES string of the molecule is c1ccc2c(c1)CC(c1noc([C@@H]3CCCNC3)n1)CO2. The van der Waals surface area contributed by atoms with Gasteiger partial charge in [0.1, 0.15) is 5.75 Å². The van der Waals surface area contributed by atoms with Crippen molar-refractivity contribution in [1.29, 1.82) is 0 Å². The molecule has 2 atom stereocenters. The van der Waals surface area contributed by atoms with E-state index < -0.39 is 0 Å². The van der Waals surface area contributed by atoms with Crippen LogP contribution in [-0.4, -0.2) is 29.8 Å². The molecule has 1 aromatic carbocycles. The van der Waals surface area contributed by atoms with Crippen LogP contribution in [-0.2, 0) is 6.42 Å². The van der Waals surface area contributed by atoms with E-state index in [-0.39, 0.29) is 5.92 Å². The maximum atomic E-state index is 5.81. The number of benzene rings is 1. The normalized spacial score (nSPS) is 25.1. The molecular weight excluding hydrogens is 266 g/mol. The third kappa shape index (κ3) is 2.53. The number of nitrogens with one attached hydrogen (secondary N) is 1. The number of aromatic nitrogens is 2. The summed E-state index contributed by atoms with van der Waals surface area (Å²) in [5.41, 5.74) is 1.22. The zero-order valence-electron chi connectivity index (χ0n) is 11.9. The molecule has 5 heteroatoms. The van der Waals surface area contributed by atoms with E-state index in [2.05, 4.69) is 21.5 Å². The quantitative estimate of drug-likeness (QED) is 0.917. The Morgan fingerprint density at radius 3 is 3.05 bits per heavy atom. The Morgan fingerprint density at radius 1 is 1.19 bits per heavy atom. The predicted molar refractivity (Wildman–Crippen MR) is 77.5 cm³/mol. The fourth-order valence-electron chi connectivity index (χ4n) is 3.14. The Kier molecular flexibility index (Phi) is 3.35. The molecule has 21 heavy (non-hydrogen) atoms. The van der Waals surface area contributed by atoms with Gasteiger partial charge in [0.25, 0.3) is 0 Å². The molecule has 0 bridgehead atoms. The molecule has 3 heterocycles. The summed E-state index contributed by atoms with van der Waals surface area (Å²) in [5.74, 6) is 3.08. The van der Waals surface area contributed by atoms with E-state index in [1.165, 1.54) is 12.0 Å². The highest BCUT2D eigenvalue weighted by atomic mass is 16.5. The van der Waals surface area contributed by atoms with Crippen molar-refractivity contribution >= 4 is 0 Å². The van der Waals surface area contributed by atoms with E-state index in [9.17, 15) is 0 Å². The second-order valence-corrected chi connectivity index (χ2v) is 5.85. The predicted octanol–water partition coefficient (Wildman–Crippen LogP) is 2.26. The third-order valence-corrected chi connectivity index (χ3v) is 4.35. The smallest absolute Gasteiger partial charge is 0.231 e. The number of hydrogen-bond donors (Lipinski definition) is 1. The second-order valence-electron chi connectivity index (χ2n) is 5.85. The molecule has 1 fully saturated rings. The summed E-state index contributed by atoms with van der Waals surface area (Å²) >= 11 is 0. The Balaban J connectivity index is 1.51. The largest absolute Gasteiger partial charge is 0.493 e. The third-order valence-electron chi connectivity index (χ3n) is 4.35. The van der Waals surface area contributed by atoms with E-state index in [1.807, 2.05) is 18.2 Å². The van der Waals surface area contributed by atoms with Crippen LogP contribution in [0, 0.1) is 0 Å². The molecular formula is C16H19N3O2. The van der Waals surface area contributed by atoms with Gasteiger partial charge in [-0.2, -0.15) is 4.98 Å². The Bertz CT molecular complexity index is 619. The Labute approximate surface area is 123 Å². The van der Waals surface area contributed by atoms with Crippen LogP contribution in [0.3, 0.4) is 0 Å². The molecule has 2 aliphatic rings. The van der Waals surface area contributed by atoms with Crippen LogP contribution in [0.25, 0.3) is 0 Å². The number of nitrogens with zero attached hydrogens (tertiary/aromatic N) is 2. The number of ether oxygens (including phenoxy) is 1. The number of para-hydroxylation sites is 1. The first-order chi connectivity index (χ1) is 10.4. The molecule has 5 nitrogen and oxygen atoms in total. The lowest BCUT2D eigenvalue weighted by molar-refractivity contribution is 0.253. The van der Waals surface area contributed by atoms with Crippen LogP contribution >= 0.6 is 0 Å². The molecule has 4 rings (SSSR count). The van der Waals surface area contributed by atoms with Gasteiger partial charge in [0, 0.05) is 6.54 Å². The van der Waals surface area contributed by atoms with Crippen LogP contribution in [0.15, 0.2) is 28.8 Å². The van der Waals surface area contributed by atoms with Crippen LogP contribution < -0.4 is 10.1 Å². The molecule has 0 amide bonds. The second kappa shape index (κ2) is 5.48. The van der Waals surface area contributed by atoms with Gasteiger partial charge in [0.05, 0.1) is 18.4 Å². The summed E-state index contributed by atoms with van der Waals surface area (Å²) in [6.45, 7) is 2.65. The van der Waals surface area contributed by atoms with E-state index in [1.54, 1.807) is 0 Å². The Morgan fingerprint density at radius 2 is 2.14 bits per heavy atom. The van der Waals surface area contributed by atoms with E-state index in [0.717, 1.165) is 43.4 Å². The van der Waals surface area contributed by atoms with Gasteiger partial charge in [-0.05, 0) is 37.4 Å². The van der Waals surface area contributed by atoms with Crippen molar-refractivity contribution in [3.63, 3.8) is 0 Å². The highest BCUT2D eigenvalue weighted by Gasteiger charge is 2.27. The molecule has 0 aliphatic carbocycles. The van der Waals surface area contributed by atoms with Crippen LogP contribution in [0.2, 0.25) is 0 Å². The van der Waals surface area contributed by atoms with Gasteiger partial charge in [-0.3, -0.25) is 0 Å². The Hall–Kier alpha value is -1.88. The maximum Gasteiger partial charge on any atom is 0.231 e. The lowest BCUT2D eigenvalue weighted by atomic mass is 9.96. The lowest BCUT2D eigenvalue weighted by Crippen LogP contribution is -2.28. The van der Waals surface area contributed by atoms with E-state index >= 15 is 0 Å². The highest BCUT2D eigenvalue weighted by Crippen LogP contribution is 2.32. The van der Waals surface area contributed by atoms with Gasteiger partial charge in [0.15, 0.2) is 5.82 Å². The minimum Gasteiger partial charge on any atom is -0.493 e. The fraction of sp³-hybridized carbons (Fsp3) is 0.500. The van der Waals surface area contributed by atoms with Crippen molar-refractivity contribution < 1.29 is 9.26 Å². The molecule has 2 aliphatic heterocycles. The van der Waals surface area contributed by atoms with Crippen LogP contribution in [0.1, 0.15) is 42.0 Å². The van der Waals surface area contributed by atoms with Gasteiger partial charge < -0.3 is 14.6 Å². The highest BCUT2D eigenvalue weighted by molar-refractivity contribution is 5.36. The number of rotatable bonds is 2. The summed E-state index contributed by atoms with van der Waals surface area (Å²) in [7, 11) is 0.